The van der Waals surface area contributed by atoms with Crippen LogP contribution in [0.5, 0.6) is 0 Å². The maximum Gasteiger partial charge on any atom is 0.246 e. The fraction of sp³-hybridized carbons (Fsp3) is 0.192. The van der Waals surface area contributed by atoms with Crippen LogP contribution in [0.1, 0.15) is 24.4 Å². The van der Waals surface area contributed by atoms with Gasteiger partial charge in [-0.05, 0) is 42.3 Å². The average molecular weight is 443 g/mol. The van der Waals surface area contributed by atoms with Gasteiger partial charge in [-0.3, -0.25) is 19.7 Å². The minimum Gasteiger partial charge on any atom is -0.325 e. The van der Waals surface area contributed by atoms with Crippen molar-refractivity contribution in [2.24, 2.45) is 0 Å². The summed E-state index contributed by atoms with van der Waals surface area (Å²) in [7, 11) is 0. The highest BCUT2D eigenvalue weighted by molar-refractivity contribution is 5.98. The normalized spacial score (nSPS) is 14.1. The van der Waals surface area contributed by atoms with E-state index in [0.717, 1.165) is 17.7 Å². The molecule has 1 atom stereocenters. The number of para-hydroxylation sites is 1. The van der Waals surface area contributed by atoms with Crippen LogP contribution in [-0.2, 0) is 14.4 Å². The zero-order valence-corrected chi connectivity index (χ0v) is 18.2. The lowest BCUT2D eigenvalue weighted by Crippen LogP contribution is -2.37. The number of benzene rings is 3. The topological polar surface area (TPSA) is 90.5 Å². The van der Waals surface area contributed by atoms with Crippen LogP contribution in [0.15, 0.2) is 84.9 Å². The monoisotopic (exact) mass is 442 g/mol. The third kappa shape index (κ3) is 5.84. The fourth-order valence-electron chi connectivity index (χ4n) is 3.82. The van der Waals surface area contributed by atoms with Crippen molar-refractivity contribution in [3.63, 3.8) is 0 Å². The molecule has 168 valence electrons. The van der Waals surface area contributed by atoms with E-state index in [1.54, 1.807) is 17.0 Å². The van der Waals surface area contributed by atoms with Gasteiger partial charge in [-0.25, -0.2) is 0 Å². The Labute approximate surface area is 192 Å². The first-order valence-electron chi connectivity index (χ1n) is 10.9. The Kier molecular flexibility index (Phi) is 7.12. The maximum absolute atomic E-state index is 13.0. The molecular formula is C26H26N4O3. The van der Waals surface area contributed by atoms with Crippen LogP contribution in [0, 0.1) is 0 Å². The summed E-state index contributed by atoms with van der Waals surface area (Å²) < 4.78 is 0. The van der Waals surface area contributed by atoms with Crippen LogP contribution in [0.3, 0.4) is 0 Å². The third-order valence-corrected chi connectivity index (χ3v) is 5.42. The molecule has 0 spiro atoms. The average Bonchev–Trinajstić information content (AvgIpc) is 3.26. The van der Waals surface area contributed by atoms with Gasteiger partial charge < -0.3 is 15.5 Å². The molecule has 0 radical (unpaired) electrons. The summed E-state index contributed by atoms with van der Waals surface area (Å²) in [6, 6.07) is 25.0. The van der Waals surface area contributed by atoms with Gasteiger partial charge in [0.1, 0.15) is 6.04 Å². The van der Waals surface area contributed by atoms with Crippen molar-refractivity contribution in [2.75, 3.05) is 28.6 Å². The highest BCUT2D eigenvalue weighted by atomic mass is 16.2. The van der Waals surface area contributed by atoms with Crippen LogP contribution in [0.2, 0.25) is 0 Å². The van der Waals surface area contributed by atoms with Crippen LogP contribution in [0.25, 0.3) is 0 Å². The summed E-state index contributed by atoms with van der Waals surface area (Å²) in [6.07, 6.45) is 1.39. The molecule has 1 aliphatic heterocycles. The summed E-state index contributed by atoms with van der Waals surface area (Å²) in [5.41, 5.74) is 2.81. The Morgan fingerprint density at radius 2 is 1.55 bits per heavy atom. The molecule has 0 bridgehead atoms. The van der Waals surface area contributed by atoms with E-state index in [9.17, 15) is 14.4 Å². The van der Waals surface area contributed by atoms with E-state index in [2.05, 4.69) is 16.0 Å². The second kappa shape index (κ2) is 10.6. The number of nitrogens with one attached hydrogen (secondary N) is 3. The van der Waals surface area contributed by atoms with Gasteiger partial charge in [0.2, 0.25) is 17.7 Å². The number of amides is 3. The number of nitrogens with zero attached hydrogens (tertiary/aromatic N) is 1. The van der Waals surface area contributed by atoms with E-state index in [1.165, 1.54) is 0 Å². The molecule has 7 nitrogen and oxygen atoms in total. The molecule has 3 N–H and O–H groups in total. The molecule has 1 saturated heterocycles. The predicted molar refractivity (Wildman–Crippen MR) is 129 cm³/mol. The number of hydrogen-bond acceptors (Lipinski definition) is 4. The van der Waals surface area contributed by atoms with E-state index in [1.807, 2.05) is 72.8 Å². The van der Waals surface area contributed by atoms with Crippen molar-refractivity contribution < 1.29 is 14.4 Å². The van der Waals surface area contributed by atoms with Crippen molar-refractivity contribution in [2.45, 2.75) is 18.9 Å². The molecular weight excluding hydrogens is 416 g/mol. The summed E-state index contributed by atoms with van der Waals surface area (Å²) in [4.78, 5) is 39.3. The largest absolute Gasteiger partial charge is 0.325 e. The zero-order chi connectivity index (χ0) is 23.0. The van der Waals surface area contributed by atoms with Crippen LogP contribution in [-0.4, -0.2) is 30.8 Å². The molecule has 3 aromatic rings. The van der Waals surface area contributed by atoms with E-state index < -0.39 is 6.04 Å². The van der Waals surface area contributed by atoms with Gasteiger partial charge in [0, 0.05) is 30.0 Å². The number of anilines is 3. The van der Waals surface area contributed by atoms with Crippen molar-refractivity contribution in [3.05, 3.63) is 90.5 Å². The van der Waals surface area contributed by atoms with E-state index in [4.69, 9.17) is 0 Å². The summed E-state index contributed by atoms with van der Waals surface area (Å²) in [6.45, 7) is 0.627. The first kappa shape index (κ1) is 22.2. The highest BCUT2D eigenvalue weighted by Gasteiger charge is 2.23. The maximum atomic E-state index is 13.0. The predicted octanol–water partition coefficient (Wildman–Crippen LogP) is 3.72. The quantitative estimate of drug-likeness (QED) is 0.496. The number of rotatable bonds is 8. The fourth-order valence-corrected chi connectivity index (χ4v) is 3.82. The lowest BCUT2D eigenvalue weighted by atomic mass is 10.1. The van der Waals surface area contributed by atoms with Gasteiger partial charge in [0.25, 0.3) is 0 Å². The summed E-state index contributed by atoms with van der Waals surface area (Å²) in [5, 5.41) is 8.80. The molecule has 1 aliphatic rings. The summed E-state index contributed by atoms with van der Waals surface area (Å²) in [5.74, 6) is -0.446. The van der Waals surface area contributed by atoms with Crippen LogP contribution < -0.4 is 20.9 Å². The molecule has 0 aromatic heterocycles. The van der Waals surface area contributed by atoms with E-state index in [0.29, 0.717) is 24.3 Å². The Morgan fingerprint density at radius 3 is 2.24 bits per heavy atom. The first-order valence-corrected chi connectivity index (χ1v) is 10.9. The van der Waals surface area contributed by atoms with Crippen LogP contribution in [0.4, 0.5) is 17.1 Å². The van der Waals surface area contributed by atoms with Gasteiger partial charge in [-0.15, -0.1) is 0 Å². The van der Waals surface area contributed by atoms with Gasteiger partial charge in [-0.2, -0.15) is 0 Å². The molecule has 7 heteroatoms. The smallest absolute Gasteiger partial charge is 0.246 e. The van der Waals surface area contributed by atoms with Gasteiger partial charge in [0.15, 0.2) is 0 Å². The molecule has 3 amide bonds. The van der Waals surface area contributed by atoms with Gasteiger partial charge >= 0.3 is 0 Å². The lowest BCUT2D eigenvalue weighted by Gasteiger charge is -2.19. The van der Waals surface area contributed by atoms with Gasteiger partial charge in [-0.1, -0.05) is 54.6 Å². The minimum absolute atomic E-state index is 0.0609. The number of carbonyl (C=O) groups is 3. The van der Waals surface area contributed by atoms with E-state index >= 15 is 0 Å². The Hall–Kier alpha value is -3.97. The molecule has 0 aliphatic carbocycles. The van der Waals surface area contributed by atoms with Crippen molar-refractivity contribution in [1.29, 1.82) is 0 Å². The first-order chi connectivity index (χ1) is 16.1. The Balaban J connectivity index is 1.41. The second-order valence-electron chi connectivity index (χ2n) is 7.83. The molecule has 0 saturated carbocycles. The minimum atomic E-state index is -0.703. The van der Waals surface area contributed by atoms with Crippen molar-refractivity contribution >= 4 is 34.8 Å². The number of carbonyl (C=O) groups excluding carboxylic acids is 3. The Bertz CT molecular complexity index is 1120. The Morgan fingerprint density at radius 1 is 0.848 bits per heavy atom. The van der Waals surface area contributed by atoms with Crippen molar-refractivity contribution in [3.8, 4) is 0 Å². The highest BCUT2D eigenvalue weighted by Crippen LogP contribution is 2.24. The SMILES string of the molecule is O=C(CN[C@@H](C(=O)Nc1ccccc1)c1ccccc1)Nc1cccc(N2CCCC2=O)c1. The number of hydrogen-bond donors (Lipinski definition) is 3. The second-order valence-corrected chi connectivity index (χ2v) is 7.83. The van der Waals surface area contributed by atoms with Crippen molar-refractivity contribution in [1.82, 2.24) is 5.32 Å². The molecule has 33 heavy (non-hydrogen) atoms. The molecule has 4 rings (SSSR count). The molecule has 1 fully saturated rings. The zero-order valence-electron chi connectivity index (χ0n) is 18.2. The molecule has 1 heterocycles. The third-order valence-electron chi connectivity index (χ3n) is 5.42. The lowest BCUT2D eigenvalue weighted by molar-refractivity contribution is -0.119. The molecule has 0 unspecified atom stereocenters. The summed E-state index contributed by atoms with van der Waals surface area (Å²) >= 11 is 0. The molecule has 3 aromatic carbocycles. The van der Waals surface area contributed by atoms with Crippen LogP contribution >= 0.6 is 0 Å². The standard InChI is InChI=1S/C26H26N4O3/c31-23(28-21-13-7-14-22(17-21)30-16-8-15-24(30)32)18-27-25(19-9-3-1-4-10-19)26(33)29-20-11-5-2-6-12-20/h1-7,9-14,17,25,27H,8,15-16,18H2,(H,28,31)(H,29,33)/t25-/m1/s1. The van der Waals surface area contributed by atoms with Gasteiger partial charge in [0.05, 0.1) is 6.54 Å². The van der Waals surface area contributed by atoms with E-state index in [-0.39, 0.29) is 24.3 Å².